The fourth-order valence-electron chi connectivity index (χ4n) is 3.33. The van der Waals surface area contributed by atoms with Gasteiger partial charge in [0.15, 0.2) is 0 Å². The average Bonchev–Trinajstić information content (AvgIpc) is 2.80. The SMILES string of the molecule is CN1CCN(C)C(CNC2CCCc3sc(Cl)cc32)C1. The lowest BCUT2D eigenvalue weighted by Gasteiger charge is -2.38. The molecule has 1 fully saturated rings. The number of halogens is 1. The fraction of sp³-hybridized carbons (Fsp3) is 0.733. The van der Waals surface area contributed by atoms with E-state index in [0.29, 0.717) is 12.1 Å². The van der Waals surface area contributed by atoms with E-state index in [-0.39, 0.29) is 0 Å². The summed E-state index contributed by atoms with van der Waals surface area (Å²) in [6, 6.07) is 3.30. The monoisotopic (exact) mass is 313 g/mol. The van der Waals surface area contributed by atoms with Gasteiger partial charge in [-0.05, 0) is 45.0 Å². The molecule has 2 unspecified atom stereocenters. The second kappa shape index (κ2) is 6.32. The Kier molecular flexibility index (Phi) is 4.68. The minimum atomic E-state index is 0.503. The highest BCUT2D eigenvalue weighted by Crippen LogP contribution is 2.37. The Hall–Kier alpha value is -0.130. The van der Waals surface area contributed by atoms with Gasteiger partial charge in [0.25, 0.3) is 0 Å². The molecule has 0 amide bonds. The van der Waals surface area contributed by atoms with E-state index in [0.717, 1.165) is 17.4 Å². The van der Waals surface area contributed by atoms with Crippen molar-refractivity contribution >= 4 is 22.9 Å². The second-order valence-electron chi connectivity index (χ2n) is 6.18. The summed E-state index contributed by atoms with van der Waals surface area (Å²) in [5.74, 6) is 0. The molecule has 20 heavy (non-hydrogen) atoms. The molecule has 0 bridgehead atoms. The smallest absolute Gasteiger partial charge is 0.0934 e. The van der Waals surface area contributed by atoms with Crippen molar-refractivity contribution in [1.29, 1.82) is 0 Å². The first kappa shape index (κ1) is 14.8. The average molecular weight is 314 g/mol. The minimum absolute atomic E-state index is 0.503. The van der Waals surface area contributed by atoms with Crippen LogP contribution in [0.1, 0.15) is 29.3 Å². The van der Waals surface area contributed by atoms with Crippen molar-refractivity contribution in [1.82, 2.24) is 15.1 Å². The molecule has 1 saturated heterocycles. The molecule has 2 heterocycles. The Morgan fingerprint density at radius 2 is 2.25 bits per heavy atom. The number of aryl methyl sites for hydroxylation is 1. The third-order valence-corrected chi connectivity index (χ3v) is 6.00. The summed E-state index contributed by atoms with van der Waals surface area (Å²) in [4.78, 5) is 6.41. The molecule has 0 aromatic carbocycles. The Labute approximate surface area is 130 Å². The molecule has 1 aromatic rings. The van der Waals surface area contributed by atoms with E-state index in [9.17, 15) is 0 Å². The molecule has 2 atom stereocenters. The lowest BCUT2D eigenvalue weighted by atomic mass is 9.94. The number of nitrogens with zero attached hydrogens (tertiary/aromatic N) is 2. The molecule has 0 radical (unpaired) electrons. The Morgan fingerprint density at radius 1 is 1.40 bits per heavy atom. The second-order valence-corrected chi connectivity index (χ2v) is 7.95. The van der Waals surface area contributed by atoms with Crippen molar-refractivity contribution < 1.29 is 0 Å². The largest absolute Gasteiger partial charge is 0.308 e. The predicted molar refractivity (Wildman–Crippen MR) is 86.9 cm³/mol. The van der Waals surface area contributed by atoms with Crippen LogP contribution in [0.3, 0.4) is 0 Å². The van der Waals surface area contributed by atoms with Crippen LogP contribution in [-0.4, -0.2) is 56.1 Å². The normalized spacial score (nSPS) is 28.6. The van der Waals surface area contributed by atoms with Crippen LogP contribution in [0.15, 0.2) is 6.07 Å². The number of hydrogen-bond acceptors (Lipinski definition) is 4. The van der Waals surface area contributed by atoms with Crippen LogP contribution >= 0.6 is 22.9 Å². The summed E-state index contributed by atoms with van der Waals surface area (Å²) in [5, 5.41) is 3.79. The summed E-state index contributed by atoms with van der Waals surface area (Å²) in [7, 11) is 4.46. The first-order valence-corrected chi connectivity index (χ1v) is 8.73. The van der Waals surface area contributed by atoms with Gasteiger partial charge in [0.1, 0.15) is 0 Å². The molecule has 2 aliphatic rings. The topological polar surface area (TPSA) is 18.5 Å². The first-order valence-electron chi connectivity index (χ1n) is 7.54. The number of fused-ring (bicyclic) bond motifs is 1. The van der Waals surface area contributed by atoms with Crippen LogP contribution in [0.25, 0.3) is 0 Å². The van der Waals surface area contributed by atoms with E-state index in [2.05, 4.69) is 35.3 Å². The summed E-state index contributed by atoms with van der Waals surface area (Å²) in [6.45, 7) is 4.58. The van der Waals surface area contributed by atoms with Gasteiger partial charge >= 0.3 is 0 Å². The molecule has 1 N–H and O–H groups in total. The highest BCUT2D eigenvalue weighted by atomic mass is 35.5. The number of piperazine rings is 1. The van der Waals surface area contributed by atoms with Gasteiger partial charge in [0, 0.05) is 43.1 Å². The third kappa shape index (κ3) is 3.20. The fourth-order valence-corrected chi connectivity index (χ4v) is 4.72. The lowest BCUT2D eigenvalue weighted by molar-refractivity contribution is 0.111. The molecule has 1 aliphatic heterocycles. The quantitative estimate of drug-likeness (QED) is 0.925. The van der Waals surface area contributed by atoms with Gasteiger partial charge < -0.3 is 10.2 Å². The number of likely N-dealkylation sites (N-methyl/N-ethyl adjacent to an activating group) is 2. The molecule has 0 saturated carbocycles. The molecule has 1 aromatic heterocycles. The lowest BCUT2D eigenvalue weighted by Crippen LogP contribution is -2.54. The van der Waals surface area contributed by atoms with E-state index in [1.54, 1.807) is 11.3 Å². The molecular formula is C15H24ClN3S. The maximum Gasteiger partial charge on any atom is 0.0934 e. The Balaban J connectivity index is 1.61. The molecule has 5 heteroatoms. The summed E-state index contributed by atoms with van der Waals surface area (Å²) in [5.41, 5.74) is 1.46. The van der Waals surface area contributed by atoms with E-state index in [4.69, 9.17) is 11.6 Å². The minimum Gasteiger partial charge on any atom is -0.308 e. The van der Waals surface area contributed by atoms with Crippen molar-refractivity contribution in [3.63, 3.8) is 0 Å². The van der Waals surface area contributed by atoms with Crippen molar-refractivity contribution in [2.75, 3.05) is 40.3 Å². The zero-order valence-corrected chi connectivity index (χ0v) is 13.9. The van der Waals surface area contributed by atoms with Gasteiger partial charge in [-0.3, -0.25) is 4.90 Å². The van der Waals surface area contributed by atoms with Crippen LogP contribution in [0.5, 0.6) is 0 Å². The summed E-state index contributed by atoms with van der Waals surface area (Å²) >= 11 is 7.95. The molecule has 3 nitrogen and oxygen atoms in total. The van der Waals surface area contributed by atoms with E-state index in [1.165, 1.54) is 42.8 Å². The maximum absolute atomic E-state index is 6.18. The summed E-state index contributed by atoms with van der Waals surface area (Å²) < 4.78 is 0.943. The predicted octanol–water partition coefficient (Wildman–Crippen LogP) is 2.61. The number of nitrogens with one attached hydrogen (secondary N) is 1. The highest BCUT2D eigenvalue weighted by molar-refractivity contribution is 7.16. The van der Waals surface area contributed by atoms with Crippen molar-refractivity contribution in [3.05, 3.63) is 20.8 Å². The zero-order chi connectivity index (χ0) is 14.1. The number of rotatable bonds is 3. The number of thiophene rings is 1. The summed E-state index contributed by atoms with van der Waals surface area (Å²) in [6.07, 6.45) is 3.73. The Bertz CT molecular complexity index is 462. The van der Waals surface area contributed by atoms with Crippen LogP contribution in [0.2, 0.25) is 4.34 Å². The highest BCUT2D eigenvalue weighted by Gasteiger charge is 2.26. The molecule has 0 spiro atoms. The van der Waals surface area contributed by atoms with E-state index >= 15 is 0 Å². The van der Waals surface area contributed by atoms with Crippen LogP contribution in [-0.2, 0) is 6.42 Å². The number of hydrogen-bond donors (Lipinski definition) is 1. The van der Waals surface area contributed by atoms with Crippen LogP contribution in [0, 0.1) is 0 Å². The molecular weight excluding hydrogens is 290 g/mol. The van der Waals surface area contributed by atoms with Gasteiger partial charge in [-0.1, -0.05) is 11.6 Å². The standard InChI is InChI=1S/C15H24ClN3S/c1-18-6-7-19(2)11(10-18)9-17-13-4-3-5-14-12(13)8-15(16)20-14/h8,11,13,17H,3-7,9-10H2,1-2H3. The maximum atomic E-state index is 6.18. The van der Waals surface area contributed by atoms with Gasteiger partial charge in [-0.2, -0.15) is 0 Å². The molecule has 112 valence electrons. The zero-order valence-electron chi connectivity index (χ0n) is 12.4. The van der Waals surface area contributed by atoms with Gasteiger partial charge in [0.05, 0.1) is 4.34 Å². The van der Waals surface area contributed by atoms with Crippen molar-refractivity contribution in [2.24, 2.45) is 0 Å². The van der Waals surface area contributed by atoms with E-state index < -0.39 is 0 Å². The van der Waals surface area contributed by atoms with E-state index in [1.807, 2.05) is 0 Å². The van der Waals surface area contributed by atoms with Gasteiger partial charge in [-0.25, -0.2) is 0 Å². The first-order chi connectivity index (χ1) is 9.63. The Morgan fingerprint density at radius 3 is 3.10 bits per heavy atom. The van der Waals surface area contributed by atoms with Crippen LogP contribution < -0.4 is 5.32 Å². The molecule has 1 aliphatic carbocycles. The van der Waals surface area contributed by atoms with Crippen LogP contribution in [0.4, 0.5) is 0 Å². The van der Waals surface area contributed by atoms with Crippen molar-refractivity contribution in [3.8, 4) is 0 Å². The van der Waals surface area contributed by atoms with Gasteiger partial charge in [-0.15, -0.1) is 11.3 Å². The van der Waals surface area contributed by atoms with Crippen molar-refractivity contribution in [2.45, 2.75) is 31.3 Å². The van der Waals surface area contributed by atoms with Gasteiger partial charge in [0.2, 0.25) is 0 Å². The third-order valence-electron chi connectivity index (χ3n) is 4.66. The molecule has 3 rings (SSSR count).